The van der Waals surface area contributed by atoms with Crippen LogP contribution in [0.1, 0.15) is 13.2 Å². The number of aliphatic imine (C=N–C) groups is 1. The Balaban J connectivity index is 0.00000112. The smallest absolute Gasteiger partial charge is 0.193 e. The number of thiophene rings is 1. The molecule has 3 N–H and O–H groups in total. The highest BCUT2D eigenvalue weighted by Gasteiger charge is 2.10. The topological polar surface area (TPSA) is 50.4 Å². The molecule has 3 nitrogen and oxygen atoms in total. The van der Waals surface area contributed by atoms with Crippen molar-refractivity contribution in [3.63, 3.8) is 0 Å². The maximum absolute atomic E-state index is 5.70. The molecule has 0 amide bonds. The predicted octanol–water partition coefficient (Wildman–Crippen LogP) is 1.89. The molecule has 76 valence electrons. The summed E-state index contributed by atoms with van der Waals surface area (Å²) in [7, 11) is 0. The van der Waals surface area contributed by atoms with Crippen molar-refractivity contribution >= 4 is 23.0 Å². The van der Waals surface area contributed by atoms with E-state index in [-0.39, 0.29) is 1.43 Å². The second-order valence-electron chi connectivity index (χ2n) is 3.39. The van der Waals surface area contributed by atoms with E-state index in [0.29, 0.717) is 11.9 Å². The minimum atomic E-state index is 0. The summed E-state index contributed by atoms with van der Waals surface area (Å²) in [6.45, 7) is 2.89. The highest BCUT2D eigenvalue weighted by Crippen LogP contribution is 2.20. The molecule has 1 unspecified atom stereocenters. The Morgan fingerprint density at radius 1 is 1.71 bits per heavy atom. The van der Waals surface area contributed by atoms with E-state index >= 15 is 0 Å². The Morgan fingerprint density at radius 2 is 2.57 bits per heavy atom. The van der Waals surface area contributed by atoms with E-state index in [1.165, 1.54) is 4.88 Å². The number of nitrogens with one attached hydrogen (secondary N) is 1. The first-order valence-electron chi connectivity index (χ1n) is 4.58. The first kappa shape index (κ1) is 9.27. The molecule has 1 aliphatic rings. The third-order valence-electron chi connectivity index (χ3n) is 2.05. The molecule has 2 rings (SSSR count). The molecule has 0 saturated heterocycles. The lowest BCUT2D eigenvalue weighted by Gasteiger charge is -2.06. The second kappa shape index (κ2) is 3.84. The van der Waals surface area contributed by atoms with Crippen LogP contribution in [-0.4, -0.2) is 12.5 Å². The Kier molecular flexibility index (Phi) is 2.54. The van der Waals surface area contributed by atoms with Gasteiger partial charge in [-0.3, -0.25) is 4.99 Å². The molecule has 0 spiro atoms. The summed E-state index contributed by atoms with van der Waals surface area (Å²) < 4.78 is 0. The molecule has 0 fully saturated rings. The summed E-state index contributed by atoms with van der Waals surface area (Å²) >= 11 is 1.70. The number of rotatable bonds is 1. The lowest BCUT2D eigenvalue weighted by molar-refractivity contribution is 0.746. The molecule has 1 aliphatic heterocycles. The summed E-state index contributed by atoms with van der Waals surface area (Å²) in [4.78, 5) is 5.41. The quantitative estimate of drug-likeness (QED) is 0.742. The molecule has 0 bridgehead atoms. The highest BCUT2D eigenvalue weighted by atomic mass is 32.1. The van der Waals surface area contributed by atoms with Crippen molar-refractivity contribution in [2.75, 3.05) is 6.54 Å². The van der Waals surface area contributed by atoms with E-state index in [1.54, 1.807) is 11.3 Å². The summed E-state index contributed by atoms with van der Waals surface area (Å²) in [5.41, 5.74) is 6.77. The van der Waals surface area contributed by atoms with Crippen LogP contribution in [0.2, 0.25) is 0 Å². The van der Waals surface area contributed by atoms with Crippen molar-refractivity contribution in [2.24, 2.45) is 16.6 Å². The number of nitrogens with zero attached hydrogens (tertiary/aromatic N) is 1. The van der Waals surface area contributed by atoms with Gasteiger partial charge in [0.2, 0.25) is 0 Å². The van der Waals surface area contributed by atoms with Crippen molar-refractivity contribution in [1.29, 1.82) is 0 Å². The molecule has 0 saturated carbocycles. The van der Waals surface area contributed by atoms with Crippen LogP contribution in [-0.2, 0) is 0 Å². The van der Waals surface area contributed by atoms with Crippen LogP contribution in [0, 0.1) is 5.92 Å². The van der Waals surface area contributed by atoms with Gasteiger partial charge in [-0.25, -0.2) is 0 Å². The largest absolute Gasteiger partial charge is 0.370 e. The zero-order valence-electron chi connectivity index (χ0n) is 8.03. The molecular formula is C10H15N3S. The van der Waals surface area contributed by atoms with Gasteiger partial charge in [0, 0.05) is 7.97 Å². The molecule has 4 heteroatoms. The number of hydrogen-bond donors (Lipinski definition) is 2. The fourth-order valence-corrected chi connectivity index (χ4v) is 2.08. The number of guanidine groups is 1. The van der Waals surface area contributed by atoms with Gasteiger partial charge in [0.25, 0.3) is 0 Å². The SMILES string of the molecule is CC1C=C(c2cccs2)NC(N)=NC1.[HH]. The fraction of sp³-hybridized carbons (Fsp3) is 0.300. The summed E-state index contributed by atoms with van der Waals surface area (Å²) in [5.74, 6) is 0.939. The van der Waals surface area contributed by atoms with Gasteiger partial charge >= 0.3 is 0 Å². The normalized spacial score (nSPS) is 21.9. The monoisotopic (exact) mass is 209 g/mol. The van der Waals surface area contributed by atoms with E-state index in [1.807, 2.05) is 6.07 Å². The van der Waals surface area contributed by atoms with E-state index in [9.17, 15) is 0 Å². The molecule has 2 heterocycles. The van der Waals surface area contributed by atoms with E-state index < -0.39 is 0 Å². The van der Waals surface area contributed by atoms with E-state index in [2.05, 4.69) is 34.8 Å². The molecule has 1 aromatic rings. The minimum absolute atomic E-state index is 0. The van der Waals surface area contributed by atoms with Crippen LogP contribution in [0.15, 0.2) is 28.6 Å². The summed E-state index contributed by atoms with van der Waals surface area (Å²) in [5, 5.41) is 5.17. The van der Waals surface area contributed by atoms with Crippen LogP contribution in [0.4, 0.5) is 0 Å². The zero-order chi connectivity index (χ0) is 9.97. The van der Waals surface area contributed by atoms with Crippen LogP contribution < -0.4 is 11.1 Å². The van der Waals surface area contributed by atoms with Gasteiger partial charge in [-0.05, 0) is 17.4 Å². The average molecular weight is 209 g/mol. The van der Waals surface area contributed by atoms with Gasteiger partial charge in [0.15, 0.2) is 5.96 Å². The van der Waals surface area contributed by atoms with Crippen molar-refractivity contribution in [2.45, 2.75) is 6.92 Å². The van der Waals surface area contributed by atoms with Gasteiger partial charge in [0.05, 0.1) is 10.6 Å². The lowest BCUT2D eigenvalue weighted by atomic mass is 10.1. The van der Waals surface area contributed by atoms with Gasteiger partial charge < -0.3 is 11.1 Å². The second-order valence-corrected chi connectivity index (χ2v) is 4.33. The third kappa shape index (κ3) is 1.96. The van der Waals surface area contributed by atoms with Crippen molar-refractivity contribution in [1.82, 2.24) is 5.32 Å². The molecular weight excluding hydrogens is 194 g/mol. The van der Waals surface area contributed by atoms with Crippen molar-refractivity contribution < 1.29 is 1.43 Å². The number of nitrogens with two attached hydrogens (primary N) is 1. The van der Waals surface area contributed by atoms with E-state index in [4.69, 9.17) is 5.73 Å². The molecule has 14 heavy (non-hydrogen) atoms. The maximum Gasteiger partial charge on any atom is 0.193 e. The number of hydrogen-bond acceptors (Lipinski definition) is 4. The Bertz CT molecular complexity index is 370. The standard InChI is InChI=1S/C10H13N3S.H2/c1-7-5-8(9-3-2-4-14-9)13-10(11)12-6-7;/h2-5,7H,6H2,1H3,(H3,11,12,13);1H. The van der Waals surface area contributed by atoms with Crippen LogP contribution in [0.3, 0.4) is 0 Å². The van der Waals surface area contributed by atoms with Gasteiger partial charge in [0.1, 0.15) is 0 Å². The third-order valence-corrected chi connectivity index (χ3v) is 2.95. The van der Waals surface area contributed by atoms with Crippen LogP contribution >= 0.6 is 11.3 Å². The summed E-state index contributed by atoms with van der Waals surface area (Å²) in [6, 6.07) is 4.11. The Morgan fingerprint density at radius 3 is 3.29 bits per heavy atom. The average Bonchev–Trinajstić information content (AvgIpc) is 2.61. The molecule has 0 aliphatic carbocycles. The van der Waals surface area contributed by atoms with Crippen LogP contribution in [0.25, 0.3) is 5.70 Å². The van der Waals surface area contributed by atoms with E-state index in [0.717, 1.165) is 12.2 Å². The lowest BCUT2D eigenvalue weighted by Crippen LogP contribution is -2.29. The Hall–Kier alpha value is -1.29. The summed E-state index contributed by atoms with van der Waals surface area (Å²) in [6.07, 6.45) is 2.18. The van der Waals surface area contributed by atoms with Gasteiger partial charge in [-0.1, -0.05) is 19.1 Å². The maximum atomic E-state index is 5.70. The van der Waals surface area contributed by atoms with Crippen LogP contribution in [0.5, 0.6) is 0 Å². The molecule has 0 radical (unpaired) electrons. The van der Waals surface area contributed by atoms with Gasteiger partial charge in [-0.15, -0.1) is 11.3 Å². The first-order valence-corrected chi connectivity index (χ1v) is 5.46. The fourth-order valence-electron chi connectivity index (χ4n) is 1.37. The van der Waals surface area contributed by atoms with Crippen molar-refractivity contribution in [3.8, 4) is 0 Å². The predicted molar refractivity (Wildman–Crippen MR) is 63.2 cm³/mol. The Labute approximate surface area is 88.8 Å². The highest BCUT2D eigenvalue weighted by molar-refractivity contribution is 7.11. The molecule has 1 aromatic heterocycles. The van der Waals surface area contributed by atoms with Gasteiger partial charge in [-0.2, -0.15) is 0 Å². The first-order chi connectivity index (χ1) is 6.75. The minimum Gasteiger partial charge on any atom is -0.370 e. The zero-order valence-corrected chi connectivity index (χ0v) is 8.84. The molecule has 0 aromatic carbocycles. The molecule has 1 atom stereocenters. The van der Waals surface area contributed by atoms with Crippen molar-refractivity contribution in [3.05, 3.63) is 28.5 Å².